The van der Waals surface area contributed by atoms with Gasteiger partial charge >= 0.3 is 0 Å². The first-order valence-electron chi connectivity index (χ1n) is 6.58. The predicted molar refractivity (Wildman–Crippen MR) is 82.4 cm³/mol. The van der Waals surface area contributed by atoms with E-state index in [1.165, 1.54) is 12.1 Å². The number of amides is 1. The van der Waals surface area contributed by atoms with Gasteiger partial charge in [-0.2, -0.15) is 0 Å². The second kappa shape index (κ2) is 7.99. The van der Waals surface area contributed by atoms with Gasteiger partial charge in [0.1, 0.15) is 0 Å². The Balaban J connectivity index is 2.74. The standard InChI is InChI=1S/C14H19BrN2O3/c1-3-11(4-5-15)9-16-14(18)12-6-10(2)7-13(8-12)17(19)20/h6-8,11H,3-5,9H2,1-2H3,(H,16,18). The monoisotopic (exact) mass is 342 g/mol. The van der Waals surface area contributed by atoms with Crippen LogP contribution < -0.4 is 5.32 Å². The van der Waals surface area contributed by atoms with Crippen LogP contribution in [0.2, 0.25) is 0 Å². The summed E-state index contributed by atoms with van der Waals surface area (Å²) in [4.78, 5) is 22.4. The van der Waals surface area contributed by atoms with Crippen LogP contribution in [0.4, 0.5) is 5.69 Å². The van der Waals surface area contributed by atoms with Gasteiger partial charge in [-0.25, -0.2) is 0 Å². The Kier molecular flexibility index (Phi) is 6.64. The Morgan fingerprint density at radius 1 is 1.45 bits per heavy atom. The fourth-order valence-corrected chi connectivity index (χ4v) is 2.59. The van der Waals surface area contributed by atoms with Crippen LogP contribution in [0, 0.1) is 23.0 Å². The van der Waals surface area contributed by atoms with Crippen LogP contribution in [-0.4, -0.2) is 22.7 Å². The number of aryl methyl sites for hydroxylation is 1. The van der Waals surface area contributed by atoms with E-state index in [0.717, 1.165) is 18.2 Å². The highest BCUT2D eigenvalue weighted by Gasteiger charge is 2.14. The summed E-state index contributed by atoms with van der Waals surface area (Å²) in [6.07, 6.45) is 1.98. The van der Waals surface area contributed by atoms with E-state index in [1.807, 2.05) is 0 Å². The van der Waals surface area contributed by atoms with E-state index >= 15 is 0 Å². The minimum atomic E-state index is -0.483. The van der Waals surface area contributed by atoms with E-state index in [2.05, 4.69) is 28.2 Å². The largest absolute Gasteiger partial charge is 0.352 e. The van der Waals surface area contributed by atoms with E-state index in [-0.39, 0.29) is 11.6 Å². The Labute approximate surface area is 127 Å². The van der Waals surface area contributed by atoms with Crippen LogP contribution in [0.1, 0.15) is 35.7 Å². The van der Waals surface area contributed by atoms with Gasteiger partial charge in [0, 0.05) is 29.6 Å². The van der Waals surface area contributed by atoms with Crippen LogP contribution in [0.3, 0.4) is 0 Å². The van der Waals surface area contributed by atoms with E-state index in [4.69, 9.17) is 0 Å². The van der Waals surface area contributed by atoms with Gasteiger partial charge in [-0.05, 0) is 30.9 Å². The molecule has 1 rings (SSSR count). The first kappa shape index (κ1) is 16.6. The number of benzene rings is 1. The van der Waals surface area contributed by atoms with E-state index < -0.39 is 4.92 Å². The van der Waals surface area contributed by atoms with Crippen LogP contribution in [0.15, 0.2) is 18.2 Å². The van der Waals surface area contributed by atoms with Gasteiger partial charge in [0.25, 0.3) is 11.6 Å². The quantitative estimate of drug-likeness (QED) is 0.468. The molecule has 0 radical (unpaired) electrons. The van der Waals surface area contributed by atoms with E-state index in [1.54, 1.807) is 13.0 Å². The highest BCUT2D eigenvalue weighted by Crippen LogP contribution is 2.17. The number of alkyl halides is 1. The number of non-ortho nitro benzene ring substituents is 1. The summed E-state index contributed by atoms with van der Waals surface area (Å²) in [6, 6.07) is 4.43. The van der Waals surface area contributed by atoms with Crippen molar-refractivity contribution in [2.75, 3.05) is 11.9 Å². The van der Waals surface area contributed by atoms with Gasteiger partial charge in [-0.3, -0.25) is 14.9 Å². The first-order valence-corrected chi connectivity index (χ1v) is 7.70. The third-order valence-electron chi connectivity index (χ3n) is 3.18. The topological polar surface area (TPSA) is 72.2 Å². The maximum atomic E-state index is 12.1. The number of carbonyl (C=O) groups is 1. The molecule has 6 heteroatoms. The molecule has 5 nitrogen and oxygen atoms in total. The number of nitro groups is 1. The summed E-state index contributed by atoms with van der Waals surface area (Å²) < 4.78 is 0. The van der Waals surface area contributed by atoms with Crippen molar-refractivity contribution in [3.05, 3.63) is 39.4 Å². The summed E-state index contributed by atoms with van der Waals surface area (Å²) in [5.41, 5.74) is 0.991. The average Bonchev–Trinajstić information content (AvgIpc) is 2.42. The molecule has 0 bridgehead atoms. The third-order valence-corrected chi connectivity index (χ3v) is 3.64. The summed E-state index contributed by atoms with van der Waals surface area (Å²) in [6.45, 7) is 4.41. The van der Waals surface area contributed by atoms with Crippen molar-refractivity contribution in [2.45, 2.75) is 26.7 Å². The van der Waals surface area contributed by atoms with Crippen molar-refractivity contribution >= 4 is 27.5 Å². The SMILES string of the molecule is CCC(CCBr)CNC(=O)c1cc(C)cc([N+](=O)[O-])c1. The van der Waals surface area contributed by atoms with Gasteiger partial charge < -0.3 is 5.32 Å². The lowest BCUT2D eigenvalue weighted by Gasteiger charge is -2.14. The fourth-order valence-electron chi connectivity index (χ4n) is 1.94. The van der Waals surface area contributed by atoms with Crippen molar-refractivity contribution in [2.24, 2.45) is 5.92 Å². The molecule has 0 aliphatic carbocycles. The van der Waals surface area contributed by atoms with Crippen LogP contribution in [0.5, 0.6) is 0 Å². The second-order valence-corrected chi connectivity index (χ2v) is 5.57. The fraction of sp³-hybridized carbons (Fsp3) is 0.500. The van der Waals surface area contributed by atoms with Gasteiger partial charge in [-0.15, -0.1) is 0 Å². The summed E-state index contributed by atoms with van der Waals surface area (Å²) in [5, 5.41) is 14.5. The van der Waals surface area contributed by atoms with Crippen LogP contribution in [-0.2, 0) is 0 Å². The van der Waals surface area contributed by atoms with Crippen molar-refractivity contribution in [1.82, 2.24) is 5.32 Å². The summed E-state index contributed by atoms with van der Waals surface area (Å²) in [7, 11) is 0. The summed E-state index contributed by atoms with van der Waals surface area (Å²) >= 11 is 3.39. The molecule has 0 saturated carbocycles. The van der Waals surface area contributed by atoms with Gasteiger partial charge in [0.05, 0.1) is 4.92 Å². The number of nitro benzene ring substituents is 1. The highest BCUT2D eigenvalue weighted by atomic mass is 79.9. The van der Waals surface area contributed by atoms with Gasteiger partial charge in [0.2, 0.25) is 0 Å². The maximum absolute atomic E-state index is 12.1. The number of hydrogen-bond donors (Lipinski definition) is 1. The Bertz CT molecular complexity index is 491. The Hall–Kier alpha value is -1.43. The minimum absolute atomic E-state index is 0.0531. The first-order chi connectivity index (χ1) is 9.47. The minimum Gasteiger partial charge on any atom is -0.352 e. The highest BCUT2D eigenvalue weighted by molar-refractivity contribution is 9.09. The van der Waals surface area contributed by atoms with E-state index in [9.17, 15) is 14.9 Å². The van der Waals surface area contributed by atoms with Crippen molar-refractivity contribution in [3.8, 4) is 0 Å². The smallest absolute Gasteiger partial charge is 0.270 e. The molecule has 110 valence electrons. The normalized spacial score (nSPS) is 11.9. The second-order valence-electron chi connectivity index (χ2n) is 4.78. The molecule has 1 amide bonds. The molecular weight excluding hydrogens is 324 g/mol. The lowest BCUT2D eigenvalue weighted by atomic mass is 10.0. The molecule has 20 heavy (non-hydrogen) atoms. The predicted octanol–water partition coefficient (Wildman–Crippen LogP) is 3.44. The molecule has 0 spiro atoms. The molecule has 0 aliphatic heterocycles. The number of nitrogens with zero attached hydrogens (tertiary/aromatic N) is 1. The van der Waals surface area contributed by atoms with Crippen molar-refractivity contribution in [3.63, 3.8) is 0 Å². The van der Waals surface area contributed by atoms with Crippen molar-refractivity contribution in [1.29, 1.82) is 0 Å². The molecular formula is C14H19BrN2O3. The molecule has 0 aliphatic rings. The molecule has 0 fully saturated rings. The molecule has 1 atom stereocenters. The van der Waals surface area contributed by atoms with Gasteiger partial charge in [-0.1, -0.05) is 29.3 Å². The zero-order valence-corrected chi connectivity index (χ0v) is 13.3. The van der Waals surface area contributed by atoms with E-state index in [0.29, 0.717) is 23.6 Å². The molecule has 1 N–H and O–H groups in total. The average molecular weight is 343 g/mol. The Morgan fingerprint density at radius 2 is 2.15 bits per heavy atom. The zero-order chi connectivity index (χ0) is 15.1. The molecule has 0 heterocycles. The maximum Gasteiger partial charge on any atom is 0.270 e. The number of hydrogen-bond acceptors (Lipinski definition) is 3. The molecule has 1 aromatic rings. The molecule has 1 unspecified atom stereocenters. The Morgan fingerprint density at radius 3 is 2.70 bits per heavy atom. The van der Waals surface area contributed by atoms with Gasteiger partial charge in [0.15, 0.2) is 0 Å². The molecule has 1 aromatic carbocycles. The van der Waals surface area contributed by atoms with Crippen molar-refractivity contribution < 1.29 is 9.72 Å². The van der Waals surface area contributed by atoms with Crippen LogP contribution >= 0.6 is 15.9 Å². The zero-order valence-electron chi connectivity index (χ0n) is 11.7. The lowest BCUT2D eigenvalue weighted by molar-refractivity contribution is -0.384. The lowest BCUT2D eigenvalue weighted by Crippen LogP contribution is -2.29. The summed E-state index contributed by atoms with van der Waals surface area (Å²) in [5.74, 6) is 0.156. The number of rotatable bonds is 7. The number of carbonyl (C=O) groups excluding carboxylic acids is 1. The third kappa shape index (κ3) is 4.92. The molecule has 0 saturated heterocycles. The number of nitrogens with one attached hydrogen (secondary N) is 1. The molecule has 0 aromatic heterocycles. The van der Waals surface area contributed by atoms with Crippen LogP contribution in [0.25, 0.3) is 0 Å². The number of halogens is 1.